The van der Waals surface area contributed by atoms with Crippen LogP contribution in [0.4, 0.5) is 8.78 Å². The first-order chi connectivity index (χ1) is 11.0. The van der Waals surface area contributed by atoms with Gasteiger partial charge in [-0.3, -0.25) is 0 Å². The molecule has 1 aliphatic carbocycles. The van der Waals surface area contributed by atoms with Crippen molar-refractivity contribution < 1.29 is 21.7 Å². The third-order valence-electron chi connectivity index (χ3n) is 4.26. The molecular formula is C15H17F2N3O3S. The van der Waals surface area contributed by atoms with Crippen molar-refractivity contribution in [3.8, 4) is 0 Å². The molecule has 1 heterocycles. The predicted octanol–water partition coefficient (Wildman–Crippen LogP) is 2.65. The number of aromatic nitrogens is 2. The second-order valence-corrected chi connectivity index (χ2v) is 8.27. The van der Waals surface area contributed by atoms with Gasteiger partial charge in [0.25, 0.3) is 5.89 Å². The maximum Gasteiger partial charge on any atom is 0.322 e. The summed E-state index contributed by atoms with van der Waals surface area (Å²) in [5.41, 5.74) is -0.508. The van der Waals surface area contributed by atoms with E-state index in [1.807, 2.05) is 13.8 Å². The van der Waals surface area contributed by atoms with Crippen molar-refractivity contribution in [2.24, 2.45) is 5.41 Å². The zero-order valence-electron chi connectivity index (χ0n) is 13.3. The molecule has 0 spiro atoms. The van der Waals surface area contributed by atoms with Gasteiger partial charge in [0.15, 0.2) is 5.82 Å². The third-order valence-corrected chi connectivity index (χ3v) is 5.72. The van der Waals surface area contributed by atoms with Gasteiger partial charge in [0.2, 0.25) is 10.0 Å². The van der Waals surface area contributed by atoms with Crippen LogP contribution in [0, 0.1) is 5.41 Å². The van der Waals surface area contributed by atoms with Crippen LogP contribution in [0.5, 0.6) is 0 Å². The number of sulfonamides is 1. The molecule has 24 heavy (non-hydrogen) atoms. The fraction of sp³-hybridized carbons (Fsp3) is 0.467. The van der Waals surface area contributed by atoms with Gasteiger partial charge in [-0.25, -0.2) is 13.1 Å². The minimum Gasteiger partial charge on any atom is -0.333 e. The van der Waals surface area contributed by atoms with E-state index in [0.717, 1.165) is 0 Å². The van der Waals surface area contributed by atoms with Crippen LogP contribution in [0.15, 0.2) is 39.8 Å². The fourth-order valence-electron chi connectivity index (χ4n) is 2.71. The van der Waals surface area contributed by atoms with Crippen LogP contribution in [-0.4, -0.2) is 24.6 Å². The molecule has 0 aliphatic heterocycles. The number of halogens is 2. The monoisotopic (exact) mass is 357 g/mol. The van der Waals surface area contributed by atoms with Crippen molar-refractivity contribution in [2.45, 2.75) is 43.5 Å². The molecule has 9 heteroatoms. The van der Waals surface area contributed by atoms with E-state index >= 15 is 0 Å². The fourth-order valence-corrected chi connectivity index (χ4v) is 4.14. The third kappa shape index (κ3) is 2.93. The Labute approximate surface area is 138 Å². The largest absolute Gasteiger partial charge is 0.333 e. The highest BCUT2D eigenvalue weighted by molar-refractivity contribution is 7.89. The molecule has 0 saturated heterocycles. The van der Waals surface area contributed by atoms with Crippen LogP contribution in [-0.2, 0) is 15.9 Å². The summed E-state index contributed by atoms with van der Waals surface area (Å²) < 4.78 is 58.5. The average Bonchev–Trinajstić information content (AvgIpc) is 2.87. The van der Waals surface area contributed by atoms with Gasteiger partial charge in [0, 0.05) is 18.9 Å². The van der Waals surface area contributed by atoms with Gasteiger partial charge >= 0.3 is 5.92 Å². The second-order valence-electron chi connectivity index (χ2n) is 6.56. The SMILES string of the molecule is CC(F)(F)c1nc([C@@H]2[C@H](NS(=O)(=O)c3ccccc3)C2(C)C)no1. The number of nitrogens with one attached hydrogen (secondary N) is 1. The van der Waals surface area contributed by atoms with Crippen molar-refractivity contribution in [1.82, 2.24) is 14.9 Å². The zero-order valence-corrected chi connectivity index (χ0v) is 14.1. The van der Waals surface area contributed by atoms with Crippen LogP contribution in [0.2, 0.25) is 0 Å². The Kier molecular flexibility index (Phi) is 3.76. The quantitative estimate of drug-likeness (QED) is 0.889. The van der Waals surface area contributed by atoms with Crippen LogP contribution in [0.1, 0.15) is 38.4 Å². The smallest absolute Gasteiger partial charge is 0.322 e. The van der Waals surface area contributed by atoms with Gasteiger partial charge < -0.3 is 4.52 Å². The standard InChI is InChI=1S/C15H17F2N3O3S/c1-14(2)10(12-18-13(23-19-12)15(3,16)17)11(14)20-24(21,22)9-7-5-4-6-8-9/h4-8,10-11,20H,1-3H3/t10-,11-/m0/s1. The number of nitrogens with zero attached hydrogens (tertiary/aromatic N) is 2. The number of alkyl halides is 2. The first-order valence-corrected chi connectivity index (χ1v) is 8.81. The first kappa shape index (κ1) is 17.0. The summed E-state index contributed by atoms with van der Waals surface area (Å²) in [7, 11) is -3.71. The molecule has 0 amide bonds. The van der Waals surface area contributed by atoms with Gasteiger partial charge in [-0.1, -0.05) is 37.2 Å². The lowest BCUT2D eigenvalue weighted by atomic mass is 10.1. The molecule has 2 aromatic rings. The molecule has 0 radical (unpaired) electrons. The summed E-state index contributed by atoms with van der Waals surface area (Å²) in [6, 6.07) is 7.43. The topological polar surface area (TPSA) is 85.1 Å². The Bertz CT molecular complexity index is 844. The van der Waals surface area contributed by atoms with Gasteiger partial charge in [-0.2, -0.15) is 13.8 Å². The maximum atomic E-state index is 13.2. The number of hydrogen-bond donors (Lipinski definition) is 1. The lowest BCUT2D eigenvalue weighted by Crippen LogP contribution is -2.29. The van der Waals surface area contributed by atoms with E-state index < -0.39 is 39.2 Å². The Morgan fingerprint density at radius 2 is 1.88 bits per heavy atom. The van der Waals surface area contributed by atoms with Crippen molar-refractivity contribution in [3.05, 3.63) is 42.0 Å². The Morgan fingerprint density at radius 3 is 2.42 bits per heavy atom. The van der Waals surface area contributed by atoms with Gasteiger partial charge in [-0.15, -0.1) is 0 Å². The van der Waals surface area contributed by atoms with Crippen molar-refractivity contribution in [1.29, 1.82) is 0 Å². The molecule has 0 unspecified atom stereocenters. The average molecular weight is 357 g/mol. The van der Waals surface area contributed by atoms with E-state index in [9.17, 15) is 17.2 Å². The minimum atomic E-state index is -3.71. The molecule has 1 aromatic heterocycles. The van der Waals surface area contributed by atoms with E-state index in [0.29, 0.717) is 6.92 Å². The van der Waals surface area contributed by atoms with E-state index in [1.54, 1.807) is 18.2 Å². The Hall–Kier alpha value is -1.87. The summed E-state index contributed by atoms with van der Waals surface area (Å²) in [6.45, 7) is 4.30. The number of benzene rings is 1. The minimum absolute atomic E-state index is 0.0808. The molecule has 130 valence electrons. The highest BCUT2D eigenvalue weighted by Gasteiger charge is 2.62. The lowest BCUT2D eigenvalue weighted by molar-refractivity contribution is -0.0158. The highest BCUT2D eigenvalue weighted by atomic mass is 32.2. The predicted molar refractivity (Wildman–Crippen MR) is 80.9 cm³/mol. The summed E-state index contributed by atoms with van der Waals surface area (Å²) >= 11 is 0. The van der Waals surface area contributed by atoms with E-state index in [2.05, 4.69) is 19.4 Å². The molecule has 3 rings (SSSR count). The molecular weight excluding hydrogens is 340 g/mol. The normalized spacial score (nSPS) is 23.2. The van der Waals surface area contributed by atoms with Crippen LogP contribution < -0.4 is 4.72 Å². The van der Waals surface area contributed by atoms with Gasteiger partial charge in [0.1, 0.15) is 0 Å². The molecule has 2 atom stereocenters. The molecule has 1 saturated carbocycles. The number of hydrogen-bond acceptors (Lipinski definition) is 5. The molecule has 1 fully saturated rings. The summed E-state index contributed by atoms with van der Waals surface area (Å²) in [6.07, 6.45) is 0. The highest BCUT2D eigenvalue weighted by Crippen LogP contribution is 2.58. The van der Waals surface area contributed by atoms with Gasteiger partial charge in [0.05, 0.1) is 4.90 Å². The summed E-state index contributed by atoms with van der Waals surface area (Å²) in [5.74, 6) is -4.36. The molecule has 0 bridgehead atoms. The van der Waals surface area contributed by atoms with Crippen LogP contribution >= 0.6 is 0 Å². The van der Waals surface area contributed by atoms with E-state index in [4.69, 9.17) is 0 Å². The van der Waals surface area contributed by atoms with E-state index in [1.165, 1.54) is 12.1 Å². The summed E-state index contributed by atoms with van der Waals surface area (Å²) in [5, 5.41) is 3.59. The van der Waals surface area contributed by atoms with Crippen molar-refractivity contribution >= 4 is 10.0 Å². The molecule has 1 aliphatic rings. The zero-order chi connectivity index (χ0) is 17.8. The Morgan fingerprint density at radius 1 is 1.25 bits per heavy atom. The second kappa shape index (κ2) is 5.32. The first-order valence-electron chi connectivity index (χ1n) is 7.33. The lowest BCUT2D eigenvalue weighted by Gasteiger charge is -2.07. The van der Waals surface area contributed by atoms with E-state index in [-0.39, 0.29) is 10.7 Å². The maximum absolute atomic E-state index is 13.2. The van der Waals surface area contributed by atoms with Crippen LogP contribution in [0.25, 0.3) is 0 Å². The molecule has 1 N–H and O–H groups in total. The van der Waals surface area contributed by atoms with Crippen molar-refractivity contribution in [3.63, 3.8) is 0 Å². The Balaban J connectivity index is 1.82. The molecule has 1 aromatic carbocycles. The van der Waals surface area contributed by atoms with Crippen molar-refractivity contribution in [2.75, 3.05) is 0 Å². The molecule has 6 nitrogen and oxygen atoms in total. The number of rotatable bonds is 5. The summed E-state index contributed by atoms with van der Waals surface area (Å²) in [4.78, 5) is 3.87. The van der Waals surface area contributed by atoms with Gasteiger partial charge in [-0.05, 0) is 17.5 Å². The van der Waals surface area contributed by atoms with Crippen LogP contribution in [0.3, 0.4) is 0 Å².